The van der Waals surface area contributed by atoms with Crippen LogP contribution < -0.4 is 35.3 Å². The van der Waals surface area contributed by atoms with Crippen molar-refractivity contribution in [3.05, 3.63) is 64.2 Å². The van der Waals surface area contributed by atoms with Gasteiger partial charge in [-0.1, -0.05) is 23.7 Å². The Morgan fingerprint density at radius 1 is 1.18 bits per heavy atom. The van der Waals surface area contributed by atoms with Crippen molar-refractivity contribution in [3.8, 4) is 0 Å². The van der Waals surface area contributed by atoms with Crippen LogP contribution in [0.5, 0.6) is 0 Å². The topological polar surface area (TPSA) is 80.4 Å². The van der Waals surface area contributed by atoms with Gasteiger partial charge in [0.2, 0.25) is 0 Å². The van der Waals surface area contributed by atoms with Crippen LogP contribution in [-0.2, 0) is 4.79 Å². The summed E-state index contributed by atoms with van der Waals surface area (Å²) in [6, 6.07) is 11.3. The summed E-state index contributed by atoms with van der Waals surface area (Å²) in [5, 5.41) is 9.62. The molecule has 0 saturated heterocycles. The number of carbonyl (C=O) groups is 2. The zero-order chi connectivity index (χ0) is 15.6. The molecular weight excluding hydrogens is 313 g/mol. The van der Waals surface area contributed by atoms with Crippen LogP contribution in [0.3, 0.4) is 0 Å². The molecule has 2 rings (SSSR count). The van der Waals surface area contributed by atoms with Crippen molar-refractivity contribution in [3.63, 3.8) is 0 Å². The normalized spacial score (nSPS) is 11.4. The van der Waals surface area contributed by atoms with Crippen LogP contribution in [0.15, 0.2) is 42.5 Å². The van der Waals surface area contributed by atoms with Crippen LogP contribution >= 0.6 is 11.6 Å². The predicted molar refractivity (Wildman–Crippen MR) is 82.9 cm³/mol. The third kappa shape index (κ3) is 3.90. The minimum atomic E-state index is -0.988. The van der Waals surface area contributed by atoms with Gasteiger partial charge in [0.15, 0.2) is 5.78 Å². The van der Waals surface area contributed by atoms with Crippen molar-refractivity contribution in [2.24, 2.45) is 0 Å². The monoisotopic (exact) mass is 327 g/mol. The second-order valence-corrected chi connectivity index (χ2v) is 5.14. The standard InChI is InChI=1S/C16H14ClNO3.Na.H/c1-9(16(20)21)12-3-2-4-13(14(12)18)15(19)10-5-7-11(17)8-6-10;;/h2-9H,18H2,1H3,(H,20,21);;/q;+1;-1. The third-order valence-electron chi connectivity index (χ3n) is 3.33. The van der Waals surface area contributed by atoms with Crippen molar-refractivity contribution in [1.29, 1.82) is 0 Å². The molecule has 2 aromatic rings. The van der Waals surface area contributed by atoms with Crippen LogP contribution in [0.2, 0.25) is 5.02 Å². The second kappa shape index (κ2) is 7.79. The van der Waals surface area contributed by atoms with E-state index < -0.39 is 11.9 Å². The van der Waals surface area contributed by atoms with Gasteiger partial charge in [-0.25, -0.2) is 0 Å². The van der Waals surface area contributed by atoms with Crippen molar-refractivity contribution in [2.75, 3.05) is 5.73 Å². The zero-order valence-corrected chi connectivity index (χ0v) is 15.1. The molecule has 6 heteroatoms. The van der Waals surface area contributed by atoms with Gasteiger partial charge in [0, 0.05) is 21.8 Å². The number of carbonyl (C=O) groups excluding carboxylic acids is 1. The van der Waals surface area contributed by atoms with Gasteiger partial charge >= 0.3 is 35.5 Å². The van der Waals surface area contributed by atoms with Crippen LogP contribution in [0.1, 0.15) is 35.8 Å². The van der Waals surface area contributed by atoms with Gasteiger partial charge in [-0.15, -0.1) is 0 Å². The molecular formula is C16H15ClNNaO3. The molecule has 0 radical (unpaired) electrons. The largest absolute Gasteiger partial charge is 1.00 e. The summed E-state index contributed by atoms with van der Waals surface area (Å²) in [4.78, 5) is 23.5. The van der Waals surface area contributed by atoms with Gasteiger partial charge in [0.25, 0.3) is 0 Å². The molecule has 0 aromatic heterocycles. The Kier molecular flexibility index (Phi) is 6.63. The molecule has 0 aliphatic rings. The van der Waals surface area contributed by atoms with E-state index in [9.17, 15) is 9.59 Å². The average molecular weight is 328 g/mol. The maximum atomic E-state index is 12.5. The number of anilines is 1. The number of carboxylic acid groups (broad SMARTS) is 1. The van der Waals surface area contributed by atoms with E-state index in [1.165, 1.54) is 6.92 Å². The fourth-order valence-corrected chi connectivity index (χ4v) is 2.17. The molecule has 1 atom stereocenters. The van der Waals surface area contributed by atoms with Gasteiger partial charge in [-0.05, 0) is 42.8 Å². The fraction of sp³-hybridized carbons (Fsp3) is 0.125. The minimum absolute atomic E-state index is 0. The maximum absolute atomic E-state index is 12.5. The molecule has 0 heterocycles. The SMILES string of the molecule is CC(C(=O)O)c1cccc(C(=O)c2ccc(Cl)cc2)c1N.[H-].[Na+]. The molecule has 0 aliphatic heterocycles. The number of carboxylic acids is 1. The van der Waals surface area contributed by atoms with Crippen LogP contribution in [0.4, 0.5) is 5.69 Å². The molecule has 0 aliphatic carbocycles. The Balaban J connectivity index is 0.00000242. The summed E-state index contributed by atoms with van der Waals surface area (Å²) in [7, 11) is 0. The Bertz CT molecular complexity index is 707. The number of rotatable bonds is 4. The van der Waals surface area contributed by atoms with Crippen molar-refractivity contribution in [1.82, 2.24) is 0 Å². The van der Waals surface area contributed by atoms with Crippen LogP contribution in [0.25, 0.3) is 0 Å². The molecule has 1 unspecified atom stereocenters. The first-order valence-electron chi connectivity index (χ1n) is 6.33. The van der Waals surface area contributed by atoms with Crippen LogP contribution in [0, 0.1) is 0 Å². The van der Waals surface area contributed by atoms with Gasteiger partial charge in [0.1, 0.15) is 0 Å². The number of hydrogen-bond donors (Lipinski definition) is 2. The Hall–Kier alpha value is -1.33. The summed E-state index contributed by atoms with van der Waals surface area (Å²) in [6.07, 6.45) is 0. The molecule has 0 spiro atoms. The van der Waals surface area contributed by atoms with Crippen molar-refractivity contribution >= 4 is 29.0 Å². The first kappa shape index (κ1) is 18.7. The van der Waals surface area contributed by atoms with Gasteiger partial charge in [0.05, 0.1) is 5.92 Å². The molecule has 0 bridgehead atoms. The number of nitrogens with two attached hydrogens (primary N) is 1. The average Bonchev–Trinajstić information content (AvgIpc) is 2.47. The molecule has 0 fully saturated rings. The molecule has 0 saturated carbocycles. The van der Waals surface area contributed by atoms with E-state index in [2.05, 4.69) is 0 Å². The van der Waals surface area contributed by atoms with Gasteiger partial charge < -0.3 is 12.3 Å². The number of aliphatic carboxylic acids is 1. The van der Waals surface area contributed by atoms with E-state index in [4.69, 9.17) is 22.4 Å². The zero-order valence-electron chi connectivity index (χ0n) is 13.3. The van der Waals surface area contributed by atoms with E-state index in [-0.39, 0.29) is 42.5 Å². The van der Waals surface area contributed by atoms with E-state index in [0.717, 1.165) is 0 Å². The summed E-state index contributed by atoms with van der Waals surface area (Å²) in [5.41, 5.74) is 7.36. The van der Waals surface area contributed by atoms with E-state index in [1.807, 2.05) is 0 Å². The summed E-state index contributed by atoms with van der Waals surface area (Å²) < 4.78 is 0. The van der Waals surface area contributed by atoms with E-state index in [1.54, 1.807) is 42.5 Å². The summed E-state index contributed by atoms with van der Waals surface area (Å²) in [5.74, 6) is -2.02. The number of para-hydroxylation sites is 1. The maximum Gasteiger partial charge on any atom is 1.00 e. The summed E-state index contributed by atoms with van der Waals surface area (Å²) in [6.45, 7) is 1.53. The Labute approximate surface area is 157 Å². The molecule has 0 amide bonds. The fourth-order valence-electron chi connectivity index (χ4n) is 2.05. The molecule has 3 N–H and O–H groups in total. The smallest absolute Gasteiger partial charge is 1.00 e. The number of ketones is 1. The molecule has 2 aromatic carbocycles. The third-order valence-corrected chi connectivity index (χ3v) is 3.58. The first-order chi connectivity index (χ1) is 9.91. The number of halogens is 1. The Morgan fingerprint density at radius 2 is 1.77 bits per heavy atom. The van der Waals surface area contributed by atoms with Crippen molar-refractivity contribution in [2.45, 2.75) is 12.8 Å². The molecule has 110 valence electrons. The Morgan fingerprint density at radius 3 is 2.32 bits per heavy atom. The number of nitrogen functional groups attached to an aromatic ring is 1. The summed E-state index contributed by atoms with van der Waals surface area (Å²) >= 11 is 5.79. The minimum Gasteiger partial charge on any atom is -1.00 e. The predicted octanol–water partition coefficient (Wildman–Crippen LogP) is 0.458. The quantitative estimate of drug-likeness (QED) is 0.485. The van der Waals surface area contributed by atoms with Crippen molar-refractivity contribution < 1.29 is 45.7 Å². The molecule has 22 heavy (non-hydrogen) atoms. The first-order valence-corrected chi connectivity index (χ1v) is 6.71. The van der Waals surface area contributed by atoms with Crippen LogP contribution in [-0.4, -0.2) is 16.9 Å². The second-order valence-electron chi connectivity index (χ2n) is 4.70. The van der Waals surface area contributed by atoms with E-state index in [0.29, 0.717) is 21.7 Å². The van der Waals surface area contributed by atoms with Gasteiger partial charge in [-0.3, -0.25) is 9.59 Å². The number of benzene rings is 2. The molecule has 4 nitrogen and oxygen atoms in total. The number of hydrogen-bond acceptors (Lipinski definition) is 3. The van der Waals surface area contributed by atoms with E-state index >= 15 is 0 Å². The van der Waals surface area contributed by atoms with Gasteiger partial charge in [-0.2, -0.15) is 0 Å².